The lowest BCUT2D eigenvalue weighted by Crippen LogP contribution is -2.42. The number of anilines is 1. The van der Waals surface area contributed by atoms with E-state index in [1.165, 1.54) is 23.4 Å². The summed E-state index contributed by atoms with van der Waals surface area (Å²) < 4.78 is 28.3. The highest BCUT2D eigenvalue weighted by atomic mass is 32.2. The van der Waals surface area contributed by atoms with Crippen LogP contribution in [0.3, 0.4) is 0 Å². The average Bonchev–Trinajstić information content (AvgIpc) is 2.72. The van der Waals surface area contributed by atoms with Crippen molar-refractivity contribution in [1.82, 2.24) is 9.62 Å². The second-order valence-corrected chi connectivity index (χ2v) is 8.97. The van der Waals surface area contributed by atoms with Crippen molar-refractivity contribution in [3.8, 4) is 0 Å². The number of benzene rings is 2. The fourth-order valence-corrected chi connectivity index (χ4v) is 5.22. The van der Waals surface area contributed by atoms with Gasteiger partial charge in [-0.3, -0.25) is 9.59 Å². The Morgan fingerprint density at radius 2 is 1.87 bits per heavy atom. The number of rotatable bonds is 7. The Kier molecular flexibility index (Phi) is 6.69. The van der Waals surface area contributed by atoms with Crippen molar-refractivity contribution < 1.29 is 18.0 Å². The number of fused-ring (bicyclic) bond motifs is 1. The highest BCUT2D eigenvalue weighted by Gasteiger charge is 2.37. The lowest BCUT2D eigenvalue weighted by atomic mass is 9.92. The van der Waals surface area contributed by atoms with Crippen LogP contribution >= 0.6 is 0 Å². The molecule has 1 aliphatic rings. The quantitative estimate of drug-likeness (QED) is 0.664. The summed E-state index contributed by atoms with van der Waals surface area (Å²) in [6.07, 6.45) is 2.18. The molecule has 0 aromatic heterocycles. The van der Waals surface area contributed by atoms with Crippen LogP contribution in [0.1, 0.15) is 30.5 Å². The van der Waals surface area contributed by atoms with Crippen molar-refractivity contribution in [3.63, 3.8) is 0 Å². The molecule has 8 heteroatoms. The Morgan fingerprint density at radius 3 is 2.53 bits per heavy atom. The number of sulfonamides is 1. The van der Waals surface area contributed by atoms with Gasteiger partial charge in [-0.25, -0.2) is 8.42 Å². The van der Waals surface area contributed by atoms with Crippen LogP contribution in [0, 0.1) is 0 Å². The minimum Gasteiger partial charge on any atom is -0.353 e. The Morgan fingerprint density at radius 1 is 1.17 bits per heavy atom. The predicted molar refractivity (Wildman–Crippen MR) is 115 cm³/mol. The largest absolute Gasteiger partial charge is 0.353 e. The minimum atomic E-state index is -3.84. The molecule has 2 aromatic carbocycles. The Labute approximate surface area is 176 Å². The number of hydrogen-bond acceptors (Lipinski definition) is 4. The van der Waals surface area contributed by atoms with Gasteiger partial charge in [-0.1, -0.05) is 30.3 Å². The molecule has 30 heavy (non-hydrogen) atoms. The summed E-state index contributed by atoms with van der Waals surface area (Å²) in [7, 11) is -3.84. The molecule has 2 N–H and O–H groups in total. The van der Waals surface area contributed by atoms with Crippen molar-refractivity contribution in [3.05, 3.63) is 72.3 Å². The van der Waals surface area contributed by atoms with Gasteiger partial charge in [0.25, 0.3) is 0 Å². The molecule has 0 fully saturated rings. The van der Waals surface area contributed by atoms with Crippen LogP contribution in [0.4, 0.5) is 5.69 Å². The maximum Gasteiger partial charge on any atom is 0.243 e. The summed E-state index contributed by atoms with van der Waals surface area (Å²) in [6.45, 7) is 5.58. The van der Waals surface area contributed by atoms with Gasteiger partial charge in [-0.05, 0) is 41.8 Å². The lowest BCUT2D eigenvalue weighted by Gasteiger charge is -2.36. The second-order valence-electron chi connectivity index (χ2n) is 7.08. The first-order valence-corrected chi connectivity index (χ1v) is 11.1. The lowest BCUT2D eigenvalue weighted by molar-refractivity contribution is -0.121. The topological polar surface area (TPSA) is 95.6 Å². The van der Waals surface area contributed by atoms with E-state index in [2.05, 4.69) is 17.2 Å². The summed E-state index contributed by atoms with van der Waals surface area (Å²) >= 11 is 0. The standard InChI is InChI=1S/C22H25N3O4S/c1-3-13-23-22(27)15-21-20-7-5-4-6-17(20)12-14-25(21)30(28,29)19-10-8-18(9-11-19)24-16(2)26/h3-11,21H,1,12-15H2,2H3,(H,23,27)(H,24,26)/t21-/m1/s1. The molecule has 0 unspecified atom stereocenters. The van der Waals surface area contributed by atoms with Crippen LogP contribution in [-0.4, -0.2) is 37.6 Å². The second kappa shape index (κ2) is 9.23. The normalized spacial score (nSPS) is 16.4. The van der Waals surface area contributed by atoms with Gasteiger partial charge in [0.1, 0.15) is 0 Å². The molecule has 3 rings (SSSR count). The van der Waals surface area contributed by atoms with Gasteiger partial charge in [0.15, 0.2) is 0 Å². The zero-order valence-electron chi connectivity index (χ0n) is 16.8. The molecule has 2 aromatic rings. The van der Waals surface area contributed by atoms with Gasteiger partial charge in [-0.2, -0.15) is 4.31 Å². The molecular weight excluding hydrogens is 402 g/mol. The molecule has 0 radical (unpaired) electrons. The summed E-state index contributed by atoms with van der Waals surface area (Å²) in [4.78, 5) is 23.7. The van der Waals surface area contributed by atoms with E-state index in [4.69, 9.17) is 0 Å². The van der Waals surface area contributed by atoms with E-state index in [1.807, 2.05) is 24.3 Å². The van der Waals surface area contributed by atoms with Crippen molar-refractivity contribution in [2.75, 3.05) is 18.4 Å². The van der Waals surface area contributed by atoms with Crippen LogP contribution in [0.25, 0.3) is 0 Å². The third-order valence-electron chi connectivity index (χ3n) is 4.97. The minimum absolute atomic E-state index is 0.0219. The van der Waals surface area contributed by atoms with Crippen LogP contribution in [-0.2, 0) is 26.0 Å². The molecule has 0 aliphatic carbocycles. The summed E-state index contributed by atoms with van der Waals surface area (Å²) in [5.41, 5.74) is 2.41. The molecule has 0 saturated carbocycles. The number of nitrogens with one attached hydrogen (secondary N) is 2. The third kappa shape index (κ3) is 4.77. The smallest absolute Gasteiger partial charge is 0.243 e. The van der Waals surface area contributed by atoms with E-state index < -0.39 is 16.1 Å². The van der Waals surface area contributed by atoms with Crippen LogP contribution in [0.15, 0.2) is 66.1 Å². The molecule has 0 spiro atoms. The van der Waals surface area contributed by atoms with E-state index >= 15 is 0 Å². The Hall–Kier alpha value is -2.97. The molecule has 0 saturated heterocycles. The van der Waals surface area contributed by atoms with Gasteiger partial charge in [0.2, 0.25) is 21.8 Å². The first-order chi connectivity index (χ1) is 14.3. The zero-order valence-corrected chi connectivity index (χ0v) is 17.6. The van der Waals surface area contributed by atoms with Crippen LogP contribution in [0.5, 0.6) is 0 Å². The number of nitrogens with zero attached hydrogens (tertiary/aromatic N) is 1. The maximum absolute atomic E-state index is 13.4. The fourth-order valence-electron chi connectivity index (χ4n) is 3.61. The van der Waals surface area contributed by atoms with Gasteiger partial charge in [-0.15, -0.1) is 6.58 Å². The third-order valence-corrected chi connectivity index (χ3v) is 6.89. The Bertz CT molecular complexity index is 1050. The van der Waals surface area contributed by atoms with Crippen molar-refractivity contribution in [1.29, 1.82) is 0 Å². The van der Waals surface area contributed by atoms with Gasteiger partial charge in [0.05, 0.1) is 10.9 Å². The first kappa shape index (κ1) is 21.7. The van der Waals surface area contributed by atoms with Gasteiger partial charge >= 0.3 is 0 Å². The Balaban J connectivity index is 1.93. The van der Waals surface area contributed by atoms with E-state index in [1.54, 1.807) is 18.2 Å². The molecule has 158 valence electrons. The van der Waals surface area contributed by atoms with Crippen LogP contribution in [0.2, 0.25) is 0 Å². The predicted octanol–water partition coefficient (Wildman–Crippen LogP) is 2.63. The molecule has 7 nitrogen and oxygen atoms in total. The van der Waals surface area contributed by atoms with E-state index in [-0.39, 0.29) is 29.7 Å². The number of hydrogen-bond donors (Lipinski definition) is 2. The molecule has 2 amide bonds. The first-order valence-electron chi connectivity index (χ1n) is 9.68. The molecule has 0 bridgehead atoms. The van der Waals surface area contributed by atoms with Gasteiger partial charge < -0.3 is 10.6 Å². The molecular formula is C22H25N3O4S. The van der Waals surface area contributed by atoms with E-state index in [0.29, 0.717) is 18.7 Å². The summed E-state index contributed by atoms with van der Waals surface area (Å²) in [5, 5.41) is 5.35. The number of carbonyl (C=O) groups excluding carboxylic acids is 2. The highest BCUT2D eigenvalue weighted by molar-refractivity contribution is 7.89. The monoisotopic (exact) mass is 427 g/mol. The van der Waals surface area contributed by atoms with E-state index in [0.717, 1.165) is 11.1 Å². The zero-order chi connectivity index (χ0) is 21.7. The van der Waals surface area contributed by atoms with Crippen molar-refractivity contribution in [2.24, 2.45) is 0 Å². The van der Waals surface area contributed by atoms with E-state index in [9.17, 15) is 18.0 Å². The number of carbonyl (C=O) groups is 2. The van der Waals surface area contributed by atoms with Gasteiger partial charge in [0, 0.05) is 32.1 Å². The fraction of sp³-hybridized carbons (Fsp3) is 0.273. The van der Waals surface area contributed by atoms with Crippen molar-refractivity contribution in [2.45, 2.75) is 30.7 Å². The number of amides is 2. The van der Waals surface area contributed by atoms with Crippen LogP contribution < -0.4 is 10.6 Å². The SMILES string of the molecule is C=CCNC(=O)C[C@@H]1c2ccccc2CCN1S(=O)(=O)c1ccc(NC(C)=O)cc1. The van der Waals surface area contributed by atoms with Crippen molar-refractivity contribution >= 4 is 27.5 Å². The highest BCUT2D eigenvalue weighted by Crippen LogP contribution is 2.36. The summed E-state index contributed by atoms with van der Waals surface area (Å²) in [5.74, 6) is -0.471. The molecule has 1 heterocycles. The average molecular weight is 428 g/mol. The maximum atomic E-state index is 13.4. The molecule has 1 aliphatic heterocycles. The molecule has 1 atom stereocenters. The summed E-state index contributed by atoms with van der Waals surface area (Å²) in [6, 6.07) is 13.1.